The van der Waals surface area contributed by atoms with Gasteiger partial charge in [-0.3, -0.25) is 9.19 Å². The zero-order chi connectivity index (χ0) is 10.3. The zero-order valence-corrected chi connectivity index (χ0v) is 9.61. The Labute approximate surface area is 94.6 Å². The molecular weight excluding hydrogens is 226 g/mol. The SMILES string of the molecule is O=S1CCSc2c1cnc1ccccc21. The van der Waals surface area contributed by atoms with Gasteiger partial charge in [-0.1, -0.05) is 18.2 Å². The van der Waals surface area contributed by atoms with Gasteiger partial charge >= 0.3 is 0 Å². The van der Waals surface area contributed by atoms with Crippen LogP contribution in [0.4, 0.5) is 0 Å². The molecule has 3 rings (SSSR count). The minimum absolute atomic E-state index is 0.748. The number of para-hydroxylation sites is 1. The van der Waals surface area contributed by atoms with Gasteiger partial charge in [-0.25, -0.2) is 0 Å². The molecule has 0 amide bonds. The molecule has 0 aliphatic carbocycles. The summed E-state index contributed by atoms with van der Waals surface area (Å²) in [5, 5.41) is 1.13. The van der Waals surface area contributed by atoms with E-state index in [2.05, 4.69) is 11.1 Å². The molecule has 2 nitrogen and oxygen atoms in total. The van der Waals surface area contributed by atoms with E-state index in [0.29, 0.717) is 0 Å². The van der Waals surface area contributed by atoms with Gasteiger partial charge in [-0.15, -0.1) is 11.8 Å². The summed E-state index contributed by atoms with van der Waals surface area (Å²) in [6, 6.07) is 8.03. The highest BCUT2D eigenvalue weighted by Crippen LogP contribution is 2.35. The Balaban J connectivity index is 2.38. The number of benzene rings is 1. The number of pyridine rings is 1. The largest absolute Gasteiger partial charge is 0.255 e. The molecular formula is C11H9NOS2. The second-order valence-electron chi connectivity index (χ2n) is 3.37. The fourth-order valence-electron chi connectivity index (χ4n) is 1.74. The number of thioether (sulfide) groups is 1. The van der Waals surface area contributed by atoms with E-state index in [1.807, 2.05) is 18.2 Å². The van der Waals surface area contributed by atoms with Crippen LogP contribution in [0.5, 0.6) is 0 Å². The number of aromatic nitrogens is 1. The van der Waals surface area contributed by atoms with Crippen LogP contribution in [-0.2, 0) is 10.8 Å². The van der Waals surface area contributed by atoms with Gasteiger partial charge in [0.15, 0.2) is 0 Å². The summed E-state index contributed by atoms with van der Waals surface area (Å²) in [6.45, 7) is 0. The van der Waals surface area contributed by atoms with Crippen LogP contribution in [0.2, 0.25) is 0 Å². The van der Waals surface area contributed by atoms with E-state index in [1.165, 1.54) is 0 Å². The van der Waals surface area contributed by atoms with Crippen LogP contribution in [0.15, 0.2) is 40.3 Å². The van der Waals surface area contributed by atoms with E-state index >= 15 is 0 Å². The molecule has 0 fully saturated rings. The molecule has 2 heterocycles. The zero-order valence-electron chi connectivity index (χ0n) is 7.97. The normalized spacial score (nSPS) is 20.1. The summed E-state index contributed by atoms with van der Waals surface area (Å²) in [5.41, 5.74) is 0.989. The smallest absolute Gasteiger partial charge is 0.0714 e. The molecule has 1 aromatic heterocycles. The Hall–Kier alpha value is -0.870. The van der Waals surface area contributed by atoms with Gasteiger partial charge in [0.25, 0.3) is 0 Å². The van der Waals surface area contributed by atoms with Crippen molar-refractivity contribution in [2.75, 3.05) is 11.5 Å². The maximum absolute atomic E-state index is 11.8. The summed E-state index contributed by atoms with van der Waals surface area (Å²) in [5.74, 6) is 1.69. The number of rotatable bonds is 0. The van der Waals surface area contributed by atoms with Gasteiger partial charge < -0.3 is 0 Å². The first-order valence-electron chi connectivity index (χ1n) is 4.75. The lowest BCUT2D eigenvalue weighted by atomic mass is 10.2. The Morgan fingerprint density at radius 2 is 2.20 bits per heavy atom. The topological polar surface area (TPSA) is 30.0 Å². The average Bonchev–Trinajstić information content (AvgIpc) is 2.29. The average molecular weight is 235 g/mol. The molecule has 4 heteroatoms. The molecule has 0 N–H and O–H groups in total. The summed E-state index contributed by atoms with van der Waals surface area (Å²) in [7, 11) is -0.854. The Morgan fingerprint density at radius 3 is 3.13 bits per heavy atom. The quantitative estimate of drug-likeness (QED) is 0.702. The first-order valence-corrected chi connectivity index (χ1v) is 7.05. The predicted molar refractivity (Wildman–Crippen MR) is 63.7 cm³/mol. The van der Waals surface area contributed by atoms with Gasteiger partial charge in [0.1, 0.15) is 0 Å². The number of hydrogen-bond donors (Lipinski definition) is 0. The lowest BCUT2D eigenvalue weighted by Crippen LogP contribution is -2.08. The van der Waals surface area contributed by atoms with Gasteiger partial charge in [0.05, 0.1) is 21.2 Å². The standard InChI is InChI=1S/C11H9NOS2/c13-15-6-5-14-11-8-3-1-2-4-9(8)12-7-10(11)15/h1-4,7H,5-6H2. The minimum atomic E-state index is -0.854. The van der Waals surface area contributed by atoms with E-state index in [1.54, 1.807) is 18.0 Å². The maximum Gasteiger partial charge on any atom is 0.0714 e. The molecule has 0 radical (unpaired) electrons. The summed E-state index contributed by atoms with van der Waals surface area (Å²) >= 11 is 1.79. The van der Waals surface area contributed by atoms with Crippen molar-refractivity contribution in [1.29, 1.82) is 0 Å². The number of hydrogen-bond acceptors (Lipinski definition) is 3. The minimum Gasteiger partial charge on any atom is -0.255 e. The third-order valence-electron chi connectivity index (χ3n) is 2.45. The Kier molecular flexibility index (Phi) is 2.25. The lowest BCUT2D eigenvalue weighted by molar-refractivity contribution is 0.682. The van der Waals surface area contributed by atoms with E-state index < -0.39 is 10.8 Å². The van der Waals surface area contributed by atoms with Crippen molar-refractivity contribution < 1.29 is 4.21 Å². The van der Waals surface area contributed by atoms with Crippen LogP contribution in [0, 0.1) is 0 Å². The lowest BCUT2D eigenvalue weighted by Gasteiger charge is -2.15. The van der Waals surface area contributed by atoms with E-state index in [9.17, 15) is 4.21 Å². The monoisotopic (exact) mass is 235 g/mol. The van der Waals surface area contributed by atoms with Crippen molar-refractivity contribution in [3.63, 3.8) is 0 Å². The van der Waals surface area contributed by atoms with Crippen molar-refractivity contribution in [3.05, 3.63) is 30.5 Å². The molecule has 0 saturated heterocycles. The van der Waals surface area contributed by atoms with Crippen LogP contribution in [0.1, 0.15) is 0 Å². The Morgan fingerprint density at radius 1 is 1.33 bits per heavy atom. The number of nitrogens with zero attached hydrogens (tertiary/aromatic N) is 1. The third kappa shape index (κ3) is 1.48. The van der Waals surface area contributed by atoms with Gasteiger partial charge in [-0.05, 0) is 6.07 Å². The molecule has 0 spiro atoms. The maximum atomic E-state index is 11.8. The second-order valence-corrected chi connectivity index (χ2v) is 6.01. The molecule has 2 aromatic rings. The highest BCUT2D eigenvalue weighted by Gasteiger charge is 2.18. The van der Waals surface area contributed by atoms with E-state index in [4.69, 9.17) is 0 Å². The Bertz CT molecular complexity index is 553. The molecule has 1 unspecified atom stereocenters. The van der Waals surface area contributed by atoms with Crippen molar-refractivity contribution in [2.24, 2.45) is 0 Å². The number of fused-ring (bicyclic) bond motifs is 3. The van der Waals surface area contributed by atoms with Crippen molar-refractivity contribution in [1.82, 2.24) is 4.98 Å². The third-order valence-corrected chi connectivity index (χ3v) is 5.35. The van der Waals surface area contributed by atoms with Crippen molar-refractivity contribution in [3.8, 4) is 0 Å². The van der Waals surface area contributed by atoms with Crippen molar-refractivity contribution >= 4 is 33.5 Å². The van der Waals surface area contributed by atoms with Crippen molar-refractivity contribution in [2.45, 2.75) is 9.79 Å². The van der Waals surface area contributed by atoms with Crippen LogP contribution in [-0.4, -0.2) is 20.7 Å². The molecule has 1 aliphatic heterocycles. The fourth-order valence-corrected chi connectivity index (χ4v) is 4.57. The molecule has 0 saturated carbocycles. The molecule has 76 valence electrons. The van der Waals surface area contributed by atoms with E-state index in [0.717, 1.165) is 32.2 Å². The van der Waals surface area contributed by atoms with Crippen LogP contribution >= 0.6 is 11.8 Å². The molecule has 1 aromatic carbocycles. The summed E-state index contributed by atoms with van der Waals surface area (Å²) < 4.78 is 11.8. The highest BCUT2D eigenvalue weighted by molar-refractivity contribution is 8.02. The molecule has 0 bridgehead atoms. The van der Waals surface area contributed by atoms with Crippen LogP contribution in [0.3, 0.4) is 0 Å². The molecule has 15 heavy (non-hydrogen) atoms. The molecule has 1 aliphatic rings. The predicted octanol–water partition coefficient (Wildman–Crippen LogP) is 2.45. The molecule has 1 atom stereocenters. The first-order chi connectivity index (χ1) is 7.36. The van der Waals surface area contributed by atoms with Crippen LogP contribution in [0.25, 0.3) is 10.9 Å². The van der Waals surface area contributed by atoms with Crippen LogP contribution < -0.4 is 0 Å². The van der Waals surface area contributed by atoms with E-state index in [-0.39, 0.29) is 0 Å². The summed E-state index contributed by atoms with van der Waals surface area (Å²) in [4.78, 5) is 6.40. The van der Waals surface area contributed by atoms with Gasteiger partial charge in [-0.2, -0.15) is 0 Å². The van der Waals surface area contributed by atoms with Gasteiger partial charge in [0, 0.05) is 28.0 Å². The highest BCUT2D eigenvalue weighted by atomic mass is 32.2. The summed E-state index contributed by atoms with van der Waals surface area (Å²) in [6.07, 6.45) is 1.76. The first kappa shape index (κ1) is 9.36. The fraction of sp³-hybridized carbons (Fsp3) is 0.182. The van der Waals surface area contributed by atoms with Gasteiger partial charge in [0.2, 0.25) is 0 Å². The second kappa shape index (κ2) is 3.61.